The number of amides is 1. The van der Waals surface area contributed by atoms with Crippen LogP contribution in [0, 0.1) is 5.82 Å². The third-order valence-electron chi connectivity index (χ3n) is 1.81. The van der Waals surface area contributed by atoms with Crippen molar-refractivity contribution in [3.63, 3.8) is 0 Å². The maximum absolute atomic E-state index is 13.2. The molecular weight excluding hydrogens is 249 g/mol. The van der Waals surface area contributed by atoms with Crippen molar-refractivity contribution in [2.24, 2.45) is 0 Å². The quantitative estimate of drug-likeness (QED) is 0.818. The van der Waals surface area contributed by atoms with Crippen molar-refractivity contribution in [3.8, 4) is 0 Å². The molecule has 6 heteroatoms. The number of halogens is 2. The van der Waals surface area contributed by atoms with Gasteiger partial charge in [0, 0.05) is 24.3 Å². The Kier molecular flexibility index (Phi) is 4.23. The highest BCUT2D eigenvalue weighted by molar-refractivity contribution is 6.31. The second kappa shape index (κ2) is 5.45. The first-order chi connectivity index (χ1) is 7.90. The molecule has 0 saturated carbocycles. The fourth-order valence-electron chi connectivity index (χ4n) is 1.16. The Morgan fingerprint density at radius 1 is 1.47 bits per heavy atom. The summed E-state index contributed by atoms with van der Waals surface area (Å²) >= 11 is 5.57. The standard InChI is InChI=1S/C11H9ClFNO3/c1-6(15)14-10-5-8(12)9(13)4-7(10)2-3-11(16)17/h2-5H,1H3,(H,14,15)(H,16,17)/b3-2+. The van der Waals surface area contributed by atoms with Crippen molar-refractivity contribution >= 4 is 35.2 Å². The van der Waals surface area contributed by atoms with Gasteiger partial charge in [0.1, 0.15) is 5.82 Å². The van der Waals surface area contributed by atoms with E-state index in [1.165, 1.54) is 19.1 Å². The summed E-state index contributed by atoms with van der Waals surface area (Å²) in [5, 5.41) is 10.8. The van der Waals surface area contributed by atoms with Gasteiger partial charge in [0.2, 0.25) is 5.91 Å². The van der Waals surface area contributed by atoms with Gasteiger partial charge in [-0.05, 0) is 18.2 Å². The summed E-state index contributed by atoms with van der Waals surface area (Å²) in [5.41, 5.74) is 0.478. The first-order valence-electron chi connectivity index (χ1n) is 4.58. The van der Waals surface area contributed by atoms with E-state index in [1.54, 1.807) is 0 Å². The minimum Gasteiger partial charge on any atom is -0.478 e. The molecule has 0 aromatic heterocycles. The minimum absolute atomic E-state index is 0.152. The zero-order valence-corrected chi connectivity index (χ0v) is 9.58. The van der Waals surface area contributed by atoms with Crippen LogP contribution >= 0.6 is 11.6 Å². The molecule has 1 amide bonds. The average Bonchev–Trinajstić information content (AvgIpc) is 2.20. The topological polar surface area (TPSA) is 66.4 Å². The van der Waals surface area contributed by atoms with E-state index in [2.05, 4.69) is 5.32 Å². The smallest absolute Gasteiger partial charge is 0.328 e. The van der Waals surface area contributed by atoms with E-state index < -0.39 is 11.8 Å². The summed E-state index contributed by atoms with van der Waals surface area (Å²) in [5.74, 6) is -2.22. The van der Waals surface area contributed by atoms with E-state index >= 15 is 0 Å². The maximum atomic E-state index is 13.2. The summed E-state index contributed by atoms with van der Waals surface area (Å²) < 4.78 is 13.2. The number of carboxylic acids is 1. The van der Waals surface area contributed by atoms with Crippen LogP contribution in [0.5, 0.6) is 0 Å². The highest BCUT2D eigenvalue weighted by Crippen LogP contribution is 2.25. The van der Waals surface area contributed by atoms with Gasteiger partial charge in [0.15, 0.2) is 0 Å². The molecular formula is C11H9ClFNO3. The molecule has 0 radical (unpaired) electrons. The van der Waals surface area contributed by atoms with E-state index in [0.717, 1.165) is 12.1 Å². The van der Waals surface area contributed by atoms with Crippen LogP contribution in [0.4, 0.5) is 10.1 Å². The molecule has 1 aromatic carbocycles. The maximum Gasteiger partial charge on any atom is 0.328 e. The number of carbonyl (C=O) groups is 2. The SMILES string of the molecule is CC(=O)Nc1cc(Cl)c(F)cc1/C=C/C(=O)O. The molecule has 0 unspecified atom stereocenters. The van der Waals surface area contributed by atoms with Gasteiger partial charge in [-0.15, -0.1) is 0 Å². The van der Waals surface area contributed by atoms with E-state index in [9.17, 15) is 14.0 Å². The predicted molar refractivity (Wildman–Crippen MR) is 62.4 cm³/mol. The van der Waals surface area contributed by atoms with Gasteiger partial charge in [-0.3, -0.25) is 4.79 Å². The number of hydrogen-bond acceptors (Lipinski definition) is 2. The zero-order chi connectivity index (χ0) is 13.0. The van der Waals surface area contributed by atoms with Gasteiger partial charge in [0.05, 0.1) is 5.02 Å². The third kappa shape index (κ3) is 3.88. The van der Waals surface area contributed by atoms with Crippen molar-refractivity contribution in [1.82, 2.24) is 0 Å². The second-order valence-corrected chi connectivity index (χ2v) is 3.61. The molecule has 0 aliphatic carbocycles. The molecule has 0 bridgehead atoms. The number of carbonyl (C=O) groups excluding carboxylic acids is 1. The molecule has 2 N–H and O–H groups in total. The molecule has 4 nitrogen and oxygen atoms in total. The van der Waals surface area contributed by atoms with Crippen LogP contribution in [0.25, 0.3) is 6.08 Å². The molecule has 0 saturated heterocycles. The Hall–Kier alpha value is -1.88. The molecule has 0 aliphatic rings. The summed E-state index contributed by atoms with van der Waals surface area (Å²) in [7, 11) is 0. The highest BCUT2D eigenvalue weighted by atomic mass is 35.5. The van der Waals surface area contributed by atoms with Crippen LogP contribution in [0.1, 0.15) is 12.5 Å². The van der Waals surface area contributed by atoms with Crippen LogP contribution in [0.15, 0.2) is 18.2 Å². The zero-order valence-electron chi connectivity index (χ0n) is 8.83. The molecule has 0 aliphatic heterocycles. The lowest BCUT2D eigenvalue weighted by atomic mass is 10.1. The van der Waals surface area contributed by atoms with Crippen LogP contribution < -0.4 is 5.32 Å². The molecule has 1 aromatic rings. The highest BCUT2D eigenvalue weighted by Gasteiger charge is 2.08. The summed E-state index contributed by atoms with van der Waals surface area (Å²) in [6.45, 7) is 1.28. The number of aliphatic carboxylic acids is 1. The summed E-state index contributed by atoms with van der Waals surface area (Å²) in [6, 6.07) is 2.27. The summed E-state index contributed by atoms with van der Waals surface area (Å²) in [6.07, 6.45) is 2.01. The lowest BCUT2D eigenvalue weighted by Gasteiger charge is -2.07. The molecule has 1 rings (SSSR count). The average molecular weight is 258 g/mol. The first-order valence-corrected chi connectivity index (χ1v) is 4.95. The van der Waals surface area contributed by atoms with Crippen LogP contribution in [-0.4, -0.2) is 17.0 Å². The van der Waals surface area contributed by atoms with Gasteiger partial charge in [-0.2, -0.15) is 0 Å². The van der Waals surface area contributed by atoms with E-state index in [1.807, 2.05) is 0 Å². The molecule has 0 fully saturated rings. The van der Waals surface area contributed by atoms with Crippen LogP contribution in [0.3, 0.4) is 0 Å². The van der Waals surface area contributed by atoms with Crippen LogP contribution in [0.2, 0.25) is 5.02 Å². The molecule has 90 valence electrons. The van der Waals surface area contributed by atoms with Crippen molar-refractivity contribution in [2.75, 3.05) is 5.32 Å². The van der Waals surface area contributed by atoms with Gasteiger partial charge in [-0.1, -0.05) is 11.6 Å². The van der Waals surface area contributed by atoms with Crippen LogP contribution in [-0.2, 0) is 9.59 Å². The minimum atomic E-state index is -1.17. The number of rotatable bonds is 3. The number of nitrogens with one attached hydrogen (secondary N) is 1. The number of carboxylic acid groups (broad SMARTS) is 1. The fourth-order valence-corrected chi connectivity index (χ4v) is 1.32. The fraction of sp³-hybridized carbons (Fsp3) is 0.0909. The monoisotopic (exact) mass is 257 g/mol. The lowest BCUT2D eigenvalue weighted by molar-refractivity contribution is -0.131. The summed E-state index contributed by atoms with van der Waals surface area (Å²) in [4.78, 5) is 21.3. The molecule has 0 heterocycles. The van der Waals surface area contributed by atoms with Gasteiger partial charge < -0.3 is 10.4 Å². The largest absolute Gasteiger partial charge is 0.478 e. The van der Waals surface area contributed by atoms with E-state index in [-0.39, 0.29) is 22.2 Å². The Morgan fingerprint density at radius 3 is 2.65 bits per heavy atom. The van der Waals surface area contributed by atoms with Crippen molar-refractivity contribution in [3.05, 3.63) is 34.6 Å². The first kappa shape index (κ1) is 13.2. The van der Waals surface area contributed by atoms with Gasteiger partial charge in [-0.25, -0.2) is 9.18 Å². The second-order valence-electron chi connectivity index (χ2n) is 3.21. The number of benzene rings is 1. The lowest BCUT2D eigenvalue weighted by Crippen LogP contribution is -2.07. The van der Waals surface area contributed by atoms with Crippen molar-refractivity contribution in [2.45, 2.75) is 6.92 Å². The van der Waals surface area contributed by atoms with Crippen molar-refractivity contribution < 1.29 is 19.1 Å². The van der Waals surface area contributed by atoms with Gasteiger partial charge >= 0.3 is 5.97 Å². The van der Waals surface area contributed by atoms with Gasteiger partial charge in [0.25, 0.3) is 0 Å². The number of anilines is 1. The molecule has 0 spiro atoms. The van der Waals surface area contributed by atoms with E-state index in [4.69, 9.17) is 16.7 Å². The Balaban J connectivity index is 3.20. The predicted octanol–water partition coefficient (Wildman–Crippen LogP) is 2.54. The normalized spacial score (nSPS) is 10.5. The molecule has 17 heavy (non-hydrogen) atoms. The number of hydrogen-bond donors (Lipinski definition) is 2. The van der Waals surface area contributed by atoms with E-state index in [0.29, 0.717) is 0 Å². The Bertz CT molecular complexity index is 500. The Labute approximate surface area is 102 Å². The van der Waals surface area contributed by atoms with Crippen molar-refractivity contribution in [1.29, 1.82) is 0 Å². The molecule has 0 atom stereocenters. The Morgan fingerprint density at radius 2 is 2.12 bits per heavy atom. The third-order valence-corrected chi connectivity index (χ3v) is 2.10.